The Morgan fingerprint density at radius 2 is 2.08 bits per heavy atom. The van der Waals surface area contributed by atoms with Crippen LogP contribution in [0.4, 0.5) is 0 Å². The van der Waals surface area contributed by atoms with Gasteiger partial charge >= 0.3 is 0 Å². The highest BCUT2D eigenvalue weighted by Crippen LogP contribution is 2.17. The number of nitrogens with one attached hydrogen (secondary N) is 1. The van der Waals surface area contributed by atoms with E-state index in [-0.39, 0.29) is 23.8 Å². The first-order valence-corrected chi connectivity index (χ1v) is 9.64. The quantitative estimate of drug-likeness (QED) is 0.411. The Balaban J connectivity index is 2.30. The summed E-state index contributed by atoms with van der Waals surface area (Å²) in [5.74, 6) is 2.36. The summed E-state index contributed by atoms with van der Waals surface area (Å²) < 4.78 is 1.67. The monoisotopic (exact) mass is 372 g/mol. The van der Waals surface area contributed by atoms with Crippen LogP contribution in [0.1, 0.15) is 13.8 Å². The molecule has 0 spiro atoms. The van der Waals surface area contributed by atoms with Gasteiger partial charge in [0.05, 0.1) is 23.2 Å². The van der Waals surface area contributed by atoms with E-state index in [2.05, 4.69) is 35.0 Å². The molecule has 0 saturated heterocycles. The predicted octanol–water partition coefficient (Wildman–Crippen LogP) is 1.58. The van der Waals surface area contributed by atoms with E-state index in [9.17, 15) is 9.59 Å². The third-order valence-corrected chi connectivity index (χ3v) is 5.06. The Labute approximate surface area is 158 Å². The molecule has 2 aromatic rings. The first-order chi connectivity index (χ1) is 12.6. The molecule has 138 valence electrons. The average molecular weight is 372 g/mol. The second-order valence-electron chi connectivity index (χ2n) is 5.66. The maximum absolute atomic E-state index is 12.9. The van der Waals surface area contributed by atoms with E-state index in [1.807, 2.05) is 18.2 Å². The molecule has 1 aromatic carbocycles. The van der Waals surface area contributed by atoms with Crippen LogP contribution in [0.25, 0.3) is 10.9 Å². The molecule has 2 rings (SSSR count). The van der Waals surface area contributed by atoms with Crippen LogP contribution < -0.4 is 10.9 Å². The summed E-state index contributed by atoms with van der Waals surface area (Å²) >= 11 is 1.25. The van der Waals surface area contributed by atoms with Crippen molar-refractivity contribution in [3.63, 3.8) is 0 Å². The Morgan fingerprint density at radius 1 is 1.35 bits per heavy atom. The largest absolute Gasteiger partial charge is 0.344 e. The number of rotatable bonds is 9. The molecule has 0 saturated carbocycles. The fourth-order valence-electron chi connectivity index (χ4n) is 2.57. The minimum Gasteiger partial charge on any atom is -0.344 e. The van der Waals surface area contributed by atoms with Gasteiger partial charge in [0.15, 0.2) is 5.16 Å². The number of terminal acetylenes is 1. The van der Waals surface area contributed by atoms with Gasteiger partial charge in [-0.15, -0.1) is 6.42 Å². The molecule has 26 heavy (non-hydrogen) atoms. The second kappa shape index (κ2) is 10.00. The second-order valence-corrected chi connectivity index (χ2v) is 6.61. The molecular weight excluding hydrogens is 348 g/mol. The first-order valence-electron chi connectivity index (χ1n) is 8.65. The molecule has 0 aliphatic carbocycles. The van der Waals surface area contributed by atoms with E-state index in [1.54, 1.807) is 10.6 Å². The SMILES string of the molecule is C#CCNC(=O)CSc1nc2ccccc2c(=O)n1CCN(CC)CC. The number of benzene rings is 1. The van der Waals surface area contributed by atoms with E-state index in [4.69, 9.17) is 6.42 Å². The third-order valence-electron chi connectivity index (χ3n) is 4.08. The highest BCUT2D eigenvalue weighted by atomic mass is 32.2. The van der Waals surface area contributed by atoms with Gasteiger partial charge in [-0.25, -0.2) is 4.98 Å². The lowest BCUT2D eigenvalue weighted by atomic mass is 10.2. The Kier molecular flexibility index (Phi) is 7.70. The summed E-state index contributed by atoms with van der Waals surface area (Å²) in [7, 11) is 0. The van der Waals surface area contributed by atoms with Crippen molar-refractivity contribution in [2.45, 2.75) is 25.5 Å². The zero-order valence-electron chi connectivity index (χ0n) is 15.2. The summed E-state index contributed by atoms with van der Waals surface area (Å²) in [6.45, 7) is 7.51. The molecule has 1 aromatic heterocycles. The van der Waals surface area contributed by atoms with Crippen LogP contribution in [-0.4, -0.2) is 52.3 Å². The number of para-hydroxylation sites is 1. The minimum absolute atomic E-state index is 0.0747. The maximum Gasteiger partial charge on any atom is 0.262 e. The van der Waals surface area contributed by atoms with Crippen LogP contribution in [0.15, 0.2) is 34.2 Å². The number of amides is 1. The Hall–Kier alpha value is -2.30. The van der Waals surface area contributed by atoms with E-state index < -0.39 is 0 Å². The van der Waals surface area contributed by atoms with Crippen molar-refractivity contribution in [1.82, 2.24) is 19.8 Å². The summed E-state index contributed by atoms with van der Waals surface area (Å²) in [6.07, 6.45) is 5.15. The first kappa shape index (κ1) is 20.0. The van der Waals surface area contributed by atoms with Crippen molar-refractivity contribution in [2.75, 3.05) is 31.9 Å². The topological polar surface area (TPSA) is 67.2 Å². The fraction of sp³-hybridized carbons (Fsp3) is 0.421. The highest BCUT2D eigenvalue weighted by Gasteiger charge is 2.13. The zero-order chi connectivity index (χ0) is 18.9. The van der Waals surface area contributed by atoms with Crippen molar-refractivity contribution in [3.05, 3.63) is 34.6 Å². The molecule has 0 radical (unpaired) electrons. The van der Waals surface area contributed by atoms with Crippen molar-refractivity contribution >= 4 is 28.6 Å². The third kappa shape index (κ3) is 5.10. The summed E-state index contributed by atoms with van der Waals surface area (Å²) in [5, 5.41) is 3.77. The van der Waals surface area contributed by atoms with Crippen LogP contribution >= 0.6 is 11.8 Å². The number of hydrogen-bond donors (Lipinski definition) is 1. The van der Waals surface area contributed by atoms with Gasteiger partial charge in [0.1, 0.15) is 0 Å². The van der Waals surface area contributed by atoms with Gasteiger partial charge in [-0.1, -0.05) is 43.7 Å². The van der Waals surface area contributed by atoms with Crippen molar-refractivity contribution in [2.24, 2.45) is 0 Å². The molecule has 1 N–H and O–H groups in total. The molecule has 0 fully saturated rings. The number of thioether (sulfide) groups is 1. The highest BCUT2D eigenvalue weighted by molar-refractivity contribution is 7.99. The van der Waals surface area contributed by atoms with Gasteiger partial charge in [-0.05, 0) is 25.2 Å². The van der Waals surface area contributed by atoms with Crippen molar-refractivity contribution < 1.29 is 4.79 Å². The molecule has 1 amide bonds. The molecule has 0 aliphatic rings. The molecule has 1 heterocycles. The minimum atomic E-state index is -0.175. The molecule has 0 atom stereocenters. The zero-order valence-corrected chi connectivity index (χ0v) is 16.0. The average Bonchev–Trinajstić information content (AvgIpc) is 2.67. The van der Waals surface area contributed by atoms with Gasteiger partial charge in [0.25, 0.3) is 5.56 Å². The number of aromatic nitrogens is 2. The lowest BCUT2D eigenvalue weighted by Gasteiger charge is -2.20. The number of nitrogens with zero attached hydrogens (tertiary/aromatic N) is 3. The van der Waals surface area contributed by atoms with Crippen LogP contribution in [0.5, 0.6) is 0 Å². The van der Waals surface area contributed by atoms with E-state index in [0.717, 1.165) is 19.6 Å². The Bertz CT molecular complexity index is 853. The molecule has 0 unspecified atom stereocenters. The maximum atomic E-state index is 12.9. The molecule has 6 nitrogen and oxygen atoms in total. The Morgan fingerprint density at radius 3 is 2.77 bits per heavy atom. The fourth-order valence-corrected chi connectivity index (χ4v) is 3.42. The summed E-state index contributed by atoms with van der Waals surface area (Å²) in [6, 6.07) is 7.28. The van der Waals surface area contributed by atoms with Gasteiger partial charge in [0.2, 0.25) is 5.91 Å². The number of carbonyl (C=O) groups excluding carboxylic acids is 1. The standard InChI is InChI=1S/C19H24N4O2S/c1-4-11-20-17(24)14-26-19-21-16-10-8-7-9-15(16)18(25)23(19)13-12-22(5-2)6-3/h1,7-10H,5-6,11-14H2,2-3H3,(H,20,24). The van der Waals surface area contributed by atoms with Crippen molar-refractivity contribution in [1.29, 1.82) is 0 Å². The lowest BCUT2D eigenvalue weighted by molar-refractivity contribution is -0.118. The van der Waals surface area contributed by atoms with E-state index in [1.165, 1.54) is 11.8 Å². The summed E-state index contributed by atoms with van der Waals surface area (Å²) in [5.41, 5.74) is 0.567. The molecule has 7 heteroatoms. The van der Waals surface area contributed by atoms with Crippen LogP contribution in [-0.2, 0) is 11.3 Å². The normalized spacial score (nSPS) is 10.8. The van der Waals surface area contributed by atoms with Crippen molar-refractivity contribution in [3.8, 4) is 12.3 Å². The number of fused-ring (bicyclic) bond motifs is 1. The van der Waals surface area contributed by atoms with Crippen LogP contribution in [0, 0.1) is 12.3 Å². The van der Waals surface area contributed by atoms with Gasteiger partial charge in [0, 0.05) is 13.1 Å². The lowest BCUT2D eigenvalue weighted by Crippen LogP contribution is -2.32. The molecular formula is C19H24N4O2S. The predicted molar refractivity (Wildman–Crippen MR) is 106 cm³/mol. The van der Waals surface area contributed by atoms with Gasteiger partial charge in [-0.3, -0.25) is 14.2 Å². The molecule has 0 bridgehead atoms. The van der Waals surface area contributed by atoms with Gasteiger partial charge in [-0.2, -0.15) is 0 Å². The number of hydrogen-bond acceptors (Lipinski definition) is 5. The van der Waals surface area contributed by atoms with Crippen LogP contribution in [0.3, 0.4) is 0 Å². The van der Waals surface area contributed by atoms with E-state index in [0.29, 0.717) is 22.6 Å². The van der Waals surface area contributed by atoms with Gasteiger partial charge < -0.3 is 10.2 Å². The summed E-state index contributed by atoms with van der Waals surface area (Å²) in [4.78, 5) is 31.6. The van der Waals surface area contributed by atoms with E-state index >= 15 is 0 Å². The van der Waals surface area contributed by atoms with Crippen LogP contribution in [0.2, 0.25) is 0 Å². The number of likely N-dealkylation sites (N-methyl/N-ethyl adjacent to an activating group) is 1. The molecule has 0 aliphatic heterocycles. The number of carbonyl (C=O) groups is 1. The smallest absolute Gasteiger partial charge is 0.262 e.